The number of hydrogen-bond acceptors (Lipinski definition) is 2. The van der Waals surface area contributed by atoms with E-state index in [2.05, 4.69) is 20.9 Å². The third-order valence-corrected chi connectivity index (χ3v) is 3.10. The van der Waals surface area contributed by atoms with E-state index < -0.39 is 0 Å². The van der Waals surface area contributed by atoms with Crippen LogP contribution < -0.4 is 4.90 Å². The lowest BCUT2D eigenvalue weighted by Crippen LogP contribution is -2.28. The van der Waals surface area contributed by atoms with Crippen molar-refractivity contribution in [1.29, 1.82) is 0 Å². The van der Waals surface area contributed by atoms with Gasteiger partial charge in [0.2, 0.25) is 5.91 Å². The Kier molecular flexibility index (Phi) is 4.10. The zero-order valence-electron chi connectivity index (χ0n) is 10.0. The molecule has 2 aromatic rings. The monoisotopic (exact) mass is 304 g/mol. The topological polar surface area (TPSA) is 33.2 Å². The fourth-order valence-electron chi connectivity index (χ4n) is 1.58. The van der Waals surface area contributed by atoms with E-state index in [9.17, 15) is 4.79 Å². The Labute approximate surface area is 115 Å². The summed E-state index contributed by atoms with van der Waals surface area (Å²) in [5.74, 6) is 0.676. The van der Waals surface area contributed by atoms with Crippen LogP contribution in [0.1, 0.15) is 5.56 Å². The molecule has 0 atom stereocenters. The van der Waals surface area contributed by atoms with Crippen molar-refractivity contribution in [3.8, 4) is 0 Å². The zero-order valence-corrected chi connectivity index (χ0v) is 11.6. The summed E-state index contributed by atoms with van der Waals surface area (Å²) in [5, 5.41) is 0. The molecule has 92 valence electrons. The van der Waals surface area contributed by atoms with Gasteiger partial charge in [-0.25, -0.2) is 4.98 Å². The van der Waals surface area contributed by atoms with Crippen LogP contribution in [0.4, 0.5) is 5.82 Å². The third-order valence-electron chi connectivity index (χ3n) is 2.63. The van der Waals surface area contributed by atoms with Crippen molar-refractivity contribution in [3.05, 3.63) is 58.7 Å². The molecule has 1 amide bonds. The Bertz CT molecular complexity index is 525. The van der Waals surface area contributed by atoms with Crippen LogP contribution in [0.3, 0.4) is 0 Å². The fraction of sp³-hybridized carbons (Fsp3) is 0.143. The summed E-state index contributed by atoms with van der Waals surface area (Å²) in [6.45, 7) is 0. The molecule has 0 fully saturated rings. The minimum absolute atomic E-state index is 0.0241. The van der Waals surface area contributed by atoms with E-state index >= 15 is 0 Å². The molecule has 1 heterocycles. The van der Waals surface area contributed by atoms with E-state index in [4.69, 9.17) is 0 Å². The SMILES string of the molecule is CN(C(=O)Cc1ccccc1)c1ccc(Br)cn1. The van der Waals surface area contributed by atoms with Crippen LogP contribution in [0, 0.1) is 0 Å². The number of anilines is 1. The second-order valence-corrected chi connectivity index (χ2v) is 4.87. The number of nitrogens with zero attached hydrogens (tertiary/aromatic N) is 2. The van der Waals surface area contributed by atoms with Gasteiger partial charge in [-0.05, 0) is 33.6 Å². The number of aromatic nitrogens is 1. The number of benzene rings is 1. The van der Waals surface area contributed by atoms with Gasteiger partial charge >= 0.3 is 0 Å². The van der Waals surface area contributed by atoms with Gasteiger partial charge in [-0.3, -0.25) is 9.69 Å². The number of carbonyl (C=O) groups excluding carboxylic acids is 1. The fourth-order valence-corrected chi connectivity index (χ4v) is 1.82. The van der Waals surface area contributed by atoms with E-state index in [1.165, 1.54) is 0 Å². The molecule has 0 aliphatic heterocycles. The molecule has 0 spiro atoms. The summed E-state index contributed by atoms with van der Waals surface area (Å²) < 4.78 is 0.898. The molecule has 0 aliphatic carbocycles. The minimum atomic E-state index is 0.0241. The molecule has 2 rings (SSSR count). The van der Waals surface area contributed by atoms with Gasteiger partial charge in [0.25, 0.3) is 0 Å². The molecule has 4 heteroatoms. The number of carbonyl (C=O) groups is 1. The van der Waals surface area contributed by atoms with Gasteiger partial charge in [0.05, 0.1) is 6.42 Å². The molecule has 0 unspecified atom stereocenters. The van der Waals surface area contributed by atoms with Gasteiger partial charge < -0.3 is 0 Å². The number of hydrogen-bond donors (Lipinski definition) is 0. The summed E-state index contributed by atoms with van der Waals surface area (Å²) >= 11 is 3.32. The largest absolute Gasteiger partial charge is 0.300 e. The number of pyridine rings is 1. The maximum absolute atomic E-state index is 12.1. The van der Waals surface area contributed by atoms with Crippen molar-refractivity contribution in [2.45, 2.75) is 6.42 Å². The van der Waals surface area contributed by atoms with Gasteiger partial charge in [-0.2, -0.15) is 0 Å². The van der Waals surface area contributed by atoms with Crippen LogP contribution in [0.15, 0.2) is 53.1 Å². The van der Waals surface area contributed by atoms with E-state index in [0.717, 1.165) is 10.0 Å². The average molecular weight is 305 g/mol. The first kappa shape index (κ1) is 12.8. The summed E-state index contributed by atoms with van der Waals surface area (Å²) in [6.07, 6.45) is 2.07. The van der Waals surface area contributed by atoms with Crippen molar-refractivity contribution in [2.24, 2.45) is 0 Å². The van der Waals surface area contributed by atoms with Crippen molar-refractivity contribution in [2.75, 3.05) is 11.9 Å². The molecule has 0 saturated carbocycles. The molecular weight excluding hydrogens is 292 g/mol. The van der Waals surface area contributed by atoms with Crippen molar-refractivity contribution in [3.63, 3.8) is 0 Å². The number of rotatable bonds is 3. The van der Waals surface area contributed by atoms with Gasteiger partial charge in [0.15, 0.2) is 0 Å². The van der Waals surface area contributed by atoms with Crippen LogP contribution in [-0.2, 0) is 11.2 Å². The van der Waals surface area contributed by atoms with Crippen LogP contribution in [0.2, 0.25) is 0 Å². The lowest BCUT2D eigenvalue weighted by Gasteiger charge is -2.16. The molecule has 3 nitrogen and oxygen atoms in total. The number of likely N-dealkylation sites (N-methyl/N-ethyl adjacent to an activating group) is 1. The van der Waals surface area contributed by atoms with E-state index in [0.29, 0.717) is 12.2 Å². The molecule has 0 bridgehead atoms. The highest BCUT2D eigenvalue weighted by atomic mass is 79.9. The molecule has 0 saturated heterocycles. The molecule has 0 aliphatic rings. The summed E-state index contributed by atoms with van der Waals surface area (Å²) in [6, 6.07) is 13.4. The van der Waals surface area contributed by atoms with Gasteiger partial charge in [-0.15, -0.1) is 0 Å². The second-order valence-electron chi connectivity index (χ2n) is 3.95. The predicted molar refractivity (Wildman–Crippen MR) is 75.5 cm³/mol. The summed E-state index contributed by atoms with van der Waals surface area (Å²) in [7, 11) is 1.74. The van der Waals surface area contributed by atoms with Gasteiger partial charge in [0.1, 0.15) is 5.82 Å². The van der Waals surface area contributed by atoms with E-state index in [-0.39, 0.29) is 5.91 Å². The van der Waals surface area contributed by atoms with Crippen LogP contribution >= 0.6 is 15.9 Å². The molecule has 18 heavy (non-hydrogen) atoms. The standard InChI is InChI=1S/C14H13BrN2O/c1-17(13-8-7-12(15)10-16-13)14(18)9-11-5-3-2-4-6-11/h2-8,10H,9H2,1H3. The Morgan fingerprint density at radius 1 is 1.22 bits per heavy atom. The van der Waals surface area contributed by atoms with Crippen molar-refractivity contribution < 1.29 is 4.79 Å². The first-order valence-electron chi connectivity index (χ1n) is 5.59. The highest BCUT2D eigenvalue weighted by Crippen LogP contribution is 2.14. The normalized spacial score (nSPS) is 10.1. The maximum atomic E-state index is 12.1. The maximum Gasteiger partial charge on any atom is 0.232 e. The van der Waals surface area contributed by atoms with E-state index in [1.807, 2.05) is 42.5 Å². The molecular formula is C14H13BrN2O. The number of halogens is 1. The lowest BCUT2D eigenvalue weighted by molar-refractivity contribution is -0.117. The summed E-state index contributed by atoms with van der Waals surface area (Å²) in [4.78, 5) is 17.8. The predicted octanol–water partition coefficient (Wildman–Crippen LogP) is 3.05. The average Bonchev–Trinajstić information content (AvgIpc) is 2.40. The molecule has 0 radical (unpaired) electrons. The Balaban J connectivity index is 2.07. The lowest BCUT2D eigenvalue weighted by atomic mass is 10.1. The van der Waals surface area contributed by atoms with Crippen molar-refractivity contribution in [1.82, 2.24) is 4.98 Å². The van der Waals surface area contributed by atoms with Crippen LogP contribution in [0.25, 0.3) is 0 Å². The Hall–Kier alpha value is -1.68. The van der Waals surface area contributed by atoms with E-state index in [1.54, 1.807) is 18.1 Å². The van der Waals surface area contributed by atoms with Crippen LogP contribution in [0.5, 0.6) is 0 Å². The molecule has 1 aromatic carbocycles. The quantitative estimate of drug-likeness (QED) is 0.873. The zero-order chi connectivity index (χ0) is 13.0. The summed E-state index contributed by atoms with van der Waals surface area (Å²) in [5.41, 5.74) is 1.01. The Morgan fingerprint density at radius 3 is 2.56 bits per heavy atom. The highest BCUT2D eigenvalue weighted by Gasteiger charge is 2.12. The third kappa shape index (κ3) is 3.17. The molecule has 0 N–H and O–H groups in total. The minimum Gasteiger partial charge on any atom is -0.300 e. The first-order chi connectivity index (χ1) is 8.66. The molecule has 1 aromatic heterocycles. The highest BCUT2D eigenvalue weighted by molar-refractivity contribution is 9.10. The first-order valence-corrected chi connectivity index (χ1v) is 6.38. The Morgan fingerprint density at radius 2 is 1.94 bits per heavy atom. The smallest absolute Gasteiger partial charge is 0.232 e. The number of amides is 1. The second kappa shape index (κ2) is 5.78. The van der Waals surface area contributed by atoms with Crippen LogP contribution in [-0.4, -0.2) is 17.9 Å². The van der Waals surface area contributed by atoms with Crippen molar-refractivity contribution >= 4 is 27.7 Å². The van der Waals surface area contributed by atoms with Gasteiger partial charge in [0, 0.05) is 17.7 Å². The van der Waals surface area contributed by atoms with Gasteiger partial charge in [-0.1, -0.05) is 30.3 Å².